The molecule has 1 amide bonds. The number of rotatable bonds is 69. The molecular formula is C75H146N2O6P+. The number of unbranched alkanes of at least 4 members (excludes halogenated alkanes) is 50. The molecule has 8 nitrogen and oxygen atoms in total. The summed E-state index contributed by atoms with van der Waals surface area (Å²) in [6.45, 7) is 4.84. The average molecular weight is 1200 g/mol. The summed E-state index contributed by atoms with van der Waals surface area (Å²) in [5, 5.41) is 14.0. The lowest BCUT2D eigenvalue weighted by atomic mass is 10.0. The van der Waals surface area contributed by atoms with Crippen molar-refractivity contribution in [2.45, 2.75) is 386 Å². The van der Waals surface area contributed by atoms with Crippen LogP contribution in [0.15, 0.2) is 48.6 Å². The first-order valence-corrected chi connectivity index (χ1v) is 38.5. The third-order valence-electron chi connectivity index (χ3n) is 17.0. The van der Waals surface area contributed by atoms with E-state index < -0.39 is 20.0 Å². The number of carbonyl (C=O) groups is 1. The van der Waals surface area contributed by atoms with Gasteiger partial charge in [-0.15, -0.1) is 0 Å². The first-order chi connectivity index (χ1) is 41.0. The molecule has 9 heteroatoms. The van der Waals surface area contributed by atoms with Crippen LogP contribution in [-0.4, -0.2) is 73.4 Å². The number of nitrogens with zero attached hydrogens (tertiary/aromatic N) is 1. The molecule has 0 saturated carbocycles. The van der Waals surface area contributed by atoms with Crippen molar-refractivity contribution in [2.75, 3.05) is 40.9 Å². The monoisotopic (exact) mass is 1200 g/mol. The summed E-state index contributed by atoms with van der Waals surface area (Å²) in [4.78, 5) is 23.4. The van der Waals surface area contributed by atoms with Crippen LogP contribution in [0.2, 0.25) is 0 Å². The van der Waals surface area contributed by atoms with Crippen molar-refractivity contribution in [3.05, 3.63) is 48.6 Å². The SMILES string of the molecule is CCCCCCC/C=C\C/C=C\CCCCCCCCCCCCCCCCCCCCCCCCCC(=O)NC(COP(=O)(O)OCC[N+](C)(C)C)C(O)/C=C/CC/C=C/CCCCCCCCCCCCCCCCCCCCCCC. The van der Waals surface area contributed by atoms with Crippen molar-refractivity contribution in [2.24, 2.45) is 0 Å². The molecule has 0 spiro atoms. The summed E-state index contributed by atoms with van der Waals surface area (Å²) < 4.78 is 23.8. The summed E-state index contributed by atoms with van der Waals surface area (Å²) in [6, 6.07) is -0.864. The predicted molar refractivity (Wildman–Crippen MR) is 369 cm³/mol. The lowest BCUT2D eigenvalue weighted by molar-refractivity contribution is -0.870. The van der Waals surface area contributed by atoms with Crippen LogP contribution in [0.5, 0.6) is 0 Å². The van der Waals surface area contributed by atoms with Crippen molar-refractivity contribution in [3.8, 4) is 0 Å². The van der Waals surface area contributed by atoms with Crippen molar-refractivity contribution < 1.29 is 32.9 Å². The van der Waals surface area contributed by atoms with Crippen LogP contribution in [0.25, 0.3) is 0 Å². The molecule has 0 bridgehead atoms. The Morgan fingerprint density at radius 2 is 0.690 bits per heavy atom. The number of likely N-dealkylation sites (N-methyl/N-ethyl adjacent to an activating group) is 1. The van der Waals surface area contributed by atoms with E-state index in [2.05, 4.69) is 55.6 Å². The Hall–Kier alpha value is -1.54. The Morgan fingerprint density at radius 3 is 1.02 bits per heavy atom. The number of carbonyl (C=O) groups excluding carboxylic acids is 1. The number of quaternary nitrogens is 1. The molecule has 0 radical (unpaired) electrons. The van der Waals surface area contributed by atoms with Gasteiger partial charge < -0.3 is 19.8 Å². The largest absolute Gasteiger partial charge is 0.472 e. The summed E-state index contributed by atoms with van der Waals surface area (Å²) >= 11 is 0. The van der Waals surface area contributed by atoms with Gasteiger partial charge in [-0.3, -0.25) is 13.8 Å². The van der Waals surface area contributed by atoms with Gasteiger partial charge in [-0.2, -0.15) is 0 Å². The molecule has 0 aromatic heterocycles. The minimum absolute atomic E-state index is 0.0576. The van der Waals surface area contributed by atoms with Gasteiger partial charge in [0.1, 0.15) is 13.2 Å². The molecule has 0 aromatic rings. The molecule has 0 aliphatic carbocycles. The van der Waals surface area contributed by atoms with Gasteiger partial charge in [-0.05, 0) is 64.2 Å². The molecule has 0 rings (SSSR count). The van der Waals surface area contributed by atoms with E-state index >= 15 is 0 Å². The number of nitrogens with one attached hydrogen (secondary N) is 1. The average Bonchev–Trinajstić information content (AvgIpc) is 3.56. The highest BCUT2D eigenvalue weighted by molar-refractivity contribution is 7.47. The normalized spacial score (nSPS) is 13.8. The summed E-state index contributed by atoms with van der Waals surface area (Å²) in [7, 11) is 1.57. The molecule has 0 aliphatic heterocycles. The molecule has 84 heavy (non-hydrogen) atoms. The Labute approximate surface area is 524 Å². The summed E-state index contributed by atoms with van der Waals surface area (Å²) in [5.41, 5.74) is 0. The third kappa shape index (κ3) is 68.0. The van der Waals surface area contributed by atoms with Crippen LogP contribution in [-0.2, 0) is 18.4 Å². The van der Waals surface area contributed by atoms with Gasteiger partial charge in [-0.25, -0.2) is 4.57 Å². The molecule has 0 fully saturated rings. The molecule has 0 aliphatic rings. The van der Waals surface area contributed by atoms with Gasteiger partial charge in [-0.1, -0.05) is 351 Å². The maximum Gasteiger partial charge on any atom is 0.472 e. The fraction of sp³-hybridized carbons (Fsp3) is 0.880. The highest BCUT2D eigenvalue weighted by atomic mass is 31.2. The molecular weight excluding hydrogens is 1060 g/mol. The van der Waals surface area contributed by atoms with Crippen LogP contribution >= 0.6 is 7.82 Å². The molecule has 3 N–H and O–H groups in total. The highest BCUT2D eigenvalue weighted by Crippen LogP contribution is 2.43. The zero-order chi connectivity index (χ0) is 61.2. The van der Waals surface area contributed by atoms with Gasteiger partial charge in [0.05, 0.1) is 39.9 Å². The summed E-state index contributed by atoms with van der Waals surface area (Å²) in [6.07, 6.45) is 90.0. The number of allylic oxidation sites excluding steroid dienone is 7. The Balaban J connectivity index is 4.02. The third-order valence-corrected chi connectivity index (χ3v) is 18.0. The van der Waals surface area contributed by atoms with E-state index in [4.69, 9.17) is 9.05 Å². The van der Waals surface area contributed by atoms with Gasteiger partial charge in [0.15, 0.2) is 0 Å². The van der Waals surface area contributed by atoms with Crippen molar-refractivity contribution in [1.29, 1.82) is 0 Å². The fourth-order valence-corrected chi connectivity index (χ4v) is 12.0. The van der Waals surface area contributed by atoms with E-state index in [1.54, 1.807) is 6.08 Å². The second-order valence-corrected chi connectivity index (χ2v) is 28.1. The van der Waals surface area contributed by atoms with E-state index in [-0.39, 0.29) is 19.1 Å². The summed E-state index contributed by atoms with van der Waals surface area (Å²) in [5.74, 6) is -0.179. The first kappa shape index (κ1) is 82.5. The smallest absolute Gasteiger partial charge is 0.387 e. The van der Waals surface area contributed by atoms with Gasteiger partial charge >= 0.3 is 7.82 Å². The zero-order valence-corrected chi connectivity index (χ0v) is 57.8. The van der Waals surface area contributed by atoms with Crippen molar-refractivity contribution in [1.82, 2.24) is 5.32 Å². The Bertz CT molecular complexity index is 1510. The van der Waals surface area contributed by atoms with Crippen LogP contribution in [0.3, 0.4) is 0 Å². The Morgan fingerprint density at radius 1 is 0.405 bits per heavy atom. The number of phosphoric ester groups is 1. The van der Waals surface area contributed by atoms with Crippen LogP contribution in [0.4, 0.5) is 0 Å². The number of aliphatic hydroxyl groups is 1. The van der Waals surface area contributed by atoms with Gasteiger partial charge in [0.2, 0.25) is 5.91 Å². The fourth-order valence-electron chi connectivity index (χ4n) is 11.3. The van der Waals surface area contributed by atoms with Crippen molar-refractivity contribution >= 4 is 13.7 Å². The number of hydrogen-bond donors (Lipinski definition) is 3. The maximum atomic E-state index is 13.1. The molecule has 3 unspecified atom stereocenters. The van der Waals surface area contributed by atoms with E-state index in [0.29, 0.717) is 17.4 Å². The quantitative estimate of drug-likeness (QED) is 0.0243. The van der Waals surface area contributed by atoms with E-state index in [1.807, 2.05) is 27.2 Å². The lowest BCUT2D eigenvalue weighted by Crippen LogP contribution is -2.45. The second kappa shape index (κ2) is 65.9. The maximum absolute atomic E-state index is 13.1. The molecule has 0 heterocycles. The van der Waals surface area contributed by atoms with Crippen LogP contribution in [0, 0.1) is 0 Å². The van der Waals surface area contributed by atoms with Crippen LogP contribution < -0.4 is 5.32 Å². The number of hydrogen-bond acceptors (Lipinski definition) is 5. The lowest BCUT2D eigenvalue weighted by Gasteiger charge is -2.25. The zero-order valence-electron chi connectivity index (χ0n) is 56.9. The van der Waals surface area contributed by atoms with Gasteiger partial charge in [0.25, 0.3) is 0 Å². The molecule has 0 saturated heterocycles. The van der Waals surface area contributed by atoms with Gasteiger partial charge in [0, 0.05) is 6.42 Å². The molecule has 3 atom stereocenters. The minimum atomic E-state index is -4.36. The first-order valence-electron chi connectivity index (χ1n) is 37.0. The van der Waals surface area contributed by atoms with E-state index in [1.165, 1.54) is 308 Å². The topological polar surface area (TPSA) is 105 Å². The molecule has 0 aromatic carbocycles. The van der Waals surface area contributed by atoms with Crippen LogP contribution in [0.1, 0.15) is 373 Å². The standard InChI is InChI=1S/C75H145N2O6P/c1-6-8-10-12-14-16-18-20-22-24-26-28-30-32-34-35-36-37-38-39-40-41-43-45-47-49-51-53-55-57-59-61-63-65-67-69-75(79)76-73(72-83-84(80,81)82-71-70-77(3,4)5)74(78)68-66-64-62-60-58-56-54-52-50-48-46-44-42-33-31-29-27-25-23-21-19-17-15-13-11-9-7-2/h18,20,24,26,58,60,66,68,73-74,78H,6-17,19,21-23,25,27-57,59,61-65,67,69-72H2,1-5H3,(H-,76,79,80,81)/p+1/b20-18-,26-24-,60-58+,68-66+. The van der Waals surface area contributed by atoms with E-state index in [9.17, 15) is 19.4 Å². The minimum Gasteiger partial charge on any atom is -0.387 e. The number of amides is 1. The van der Waals surface area contributed by atoms with E-state index in [0.717, 1.165) is 44.9 Å². The molecule has 496 valence electrons. The number of phosphoric acid groups is 1. The van der Waals surface area contributed by atoms with Crippen molar-refractivity contribution in [3.63, 3.8) is 0 Å². The second-order valence-electron chi connectivity index (χ2n) is 26.7. The highest BCUT2D eigenvalue weighted by Gasteiger charge is 2.28. The predicted octanol–water partition coefficient (Wildman–Crippen LogP) is 23.8. The Kier molecular flexibility index (Phi) is 64.7. The number of aliphatic hydroxyl groups excluding tert-OH is 1.